The molecule has 0 fully saturated rings. The number of pyridine rings is 2. The normalized spacial score (nSPS) is 18.0. The number of para-hydroxylation sites is 2. The zero-order valence-corrected chi connectivity index (χ0v) is 30.2. The fourth-order valence-corrected chi connectivity index (χ4v) is 10.2. The van der Waals surface area contributed by atoms with E-state index in [0.717, 1.165) is 0 Å². The molecule has 272 valence electrons. The highest BCUT2D eigenvalue weighted by Gasteiger charge is 2.53. The summed E-state index contributed by atoms with van der Waals surface area (Å²) >= 11 is 0. The number of aromatic nitrogens is 3. The molecule has 2 unspecified atom stereocenters. The minimum atomic E-state index is -1.52. The second-order valence-corrected chi connectivity index (χ2v) is 15.1. The van der Waals surface area contributed by atoms with E-state index in [-0.39, 0.29) is 66.9 Å². The molecule has 4 aliphatic rings. The molecule has 4 heterocycles. The first-order valence-electron chi connectivity index (χ1n) is 18.0. The summed E-state index contributed by atoms with van der Waals surface area (Å²) in [6.07, 6.45) is 0. The van der Waals surface area contributed by atoms with Gasteiger partial charge in [0.25, 0.3) is 0 Å². The zero-order chi connectivity index (χ0) is 39.0. The Morgan fingerprint density at radius 3 is 1.96 bits per heavy atom. The number of carbonyl (C=O) groups excluding carboxylic acids is 4. The number of H-pyrrole nitrogens is 2. The number of likely N-dealkylation sites (N-methyl/N-ethyl adjacent to an activating group) is 1. The van der Waals surface area contributed by atoms with Gasteiger partial charge in [0.15, 0.2) is 17.3 Å². The lowest BCUT2D eigenvalue weighted by atomic mass is 9.65. The minimum Gasteiger partial charge on any atom is -0.507 e. The van der Waals surface area contributed by atoms with E-state index in [1.165, 1.54) is 12.1 Å². The average molecular weight is 741 g/mol. The van der Waals surface area contributed by atoms with Crippen LogP contribution < -0.4 is 16.0 Å². The van der Waals surface area contributed by atoms with Crippen molar-refractivity contribution in [3.63, 3.8) is 0 Å². The maximum atomic E-state index is 14.9. The number of nitrogens with one attached hydrogen (secondary N) is 2. The number of phenolic OH excluding ortho intramolecular Hbond substituents is 2. The fraction of sp³-hybridized carbons (Fsp3) is 0.136. The molecule has 1 aliphatic heterocycles. The molecule has 4 aromatic carbocycles. The van der Waals surface area contributed by atoms with Gasteiger partial charge in [0.2, 0.25) is 16.9 Å². The number of Topliss-reactive ketones (excluding diaryl/α,β-unsaturated/α-hetero) is 2. The van der Waals surface area contributed by atoms with Crippen LogP contribution in [0.15, 0.2) is 75.8 Å². The van der Waals surface area contributed by atoms with Crippen molar-refractivity contribution < 1.29 is 29.4 Å². The smallest absolute Gasteiger partial charge is 0.248 e. The molecule has 12 heteroatoms. The molecule has 11 rings (SSSR count). The first kappa shape index (κ1) is 32.1. The number of benzene rings is 4. The van der Waals surface area contributed by atoms with Crippen LogP contribution in [-0.2, 0) is 7.05 Å². The summed E-state index contributed by atoms with van der Waals surface area (Å²) < 4.78 is 1.79. The van der Waals surface area contributed by atoms with Crippen molar-refractivity contribution in [3.05, 3.63) is 148 Å². The minimum absolute atomic E-state index is 0.0153. The van der Waals surface area contributed by atoms with Gasteiger partial charge in [-0.3, -0.25) is 28.8 Å². The molecule has 0 amide bonds. The van der Waals surface area contributed by atoms with Gasteiger partial charge >= 0.3 is 0 Å². The van der Waals surface area contributed by atoms with Crippen LogP contribution in [0.5, 0.6) is 11.5 Å². The highest BCUT2D eigenvalue weighted by Crippen LogP contribution is 2.64. The number of aromatic hydroxyl groups is 2. The Morgan fingerprint density at radius 1 is 0.625 bits per heavy atom. The van der Waals surface area contributed by atoms with Crippen molar-refractivity contribution in [1.82, 2.24) is 14.5 Å². The van der Waals surface area contributed by atoms with Crippen LogP contribution in [0, 0.1) is 13.8 Å². The van der Waals surface area contributed by atoms with Crippen molar-refractivity contribution in [3.8, 4) is 11.5 Å². The summed E-state index contributed by atoms with van der Waals surface area (Å²) in [6, 6.07) is 16.2. The molecule has 0 spiro atoms. The van der Waals surface area contributed by atoms with E-state index in [4.69, 9.17) is 0 Å². The highest BCUT2D eigenvalue weighted by molar-refractivity contribution is 6.41. The highest BCUT2D eigenvalue weighted by atomic mass is 16.3. The molecule has 3 aliphatic carbocycles. The number of nitrogens with zero attached hydrogens (tertiary/aromatic N) is 2. The maximum absolute atomic E-state index is 14.9. The molecule has 7 aromatic rings. The summed E-state index contributed by atoms with van der Waals surface area (Å²) in [5.41, 5.74) is 1.67. The lowest BCUT2D eigenvalue weighted by Crippen LogP contribution is -2.37. The SMILES string of the molecule is Cc1cc(=O)[nH]c2c1C(=O)C1=C3c4ccccc4N(C)C3c3c(c(O)c4c5c(c6c7ccccc7n(C)c6c4c3O)C(=O)c3c(C)cc(=O)[nH]c3C5=O)C1C2=O. The van der Waals surface area contributed by atoms with Crippen LogP contribution in [0.3, 0.4) is 0 Å². The number of anilines is 1. The molecule has 0 saturated heterocycles. The third-order valence-electron chi connectivity index (χ3n) is 12.4. The molecule has 12 nitrogen and oxygen atoms in total. The number of aromatic amines is 2. The number of phenols is 2. The van der Waals surface area contributed by atoms with E-state index in [1.54, 1.807) is 38.6 Å². The van der Waals surface area contributed by atoms with E-state index in [2.05, 4.69) is 9.97 Å². The summed E-state index contributed by atoms with van der Waals surface area (Å²) in [4.78, 5) is 92.1. The van der Waals surface area contributed by atoms with Gasteiger partial charge in [-0.15, -0.1) is 0 Å². The van der Waals surface area contributed by atoms with Crippen LogP contribution in [-0.4, -0.2) is 54.9 Å². The van der Waals surface area contributed by atoms with Gasteiger partial charge in [-0.05, 0) is 42.7 Å². The summed E-state index contributed by atoms with van der Waals surface area (Å²) in [5, 5.41) is 26.8. The average Bonchev–Trinajstić information content (AvgIpc) is 3.63. The Balaban J connectivity index is 1.38. The fourth-order valence-electron chi connectivity index (χ4n) is 10.2. The van der Waals surface area contributed by atoms with E-state index in [0.29, 0.717) is 49.8 Å². The van der Waals surface area contributed by atoms with E-state index >= 15 is 0 Å². The first-order valence-corrected chi connectivity index (χ1v) is 18.0. The standard InChI is InChI=1S/C44H28N4O8/c1-15-13-21(49)45-35-23(15)39(51)27-25-17-9-5-7-11-19(17)47(3)37(25)33-31(29(27)43(35)55)41(53)32-30-28(40(52)24-16(2)14-22(50)46-36(24)44(30)56)26-18-10-6-8-12-20(18)48(4)38(26)34(32)42(33)54/h5-14,29,37,53-54H,1-4H3,(H,45,49)(H,46,50). The molecular formula is C44H28N4O8. The number of aryl methyl sites for hydroxylation is 3. The van der Waals surface area contributed by atoms with Crippen LogP contribution in [0.1, 0.15) is 92.6 Å². The molecular weight excluding hydrogens is 713 g/mol. The third-order valence-corrected chi connectivity index (χ3v) is 12.4. The number of hydrogen-bond donors (Lipinski definition) is 4. The number of ketones is 4. The summed E-state index contributed by atoms with van der Waals surface area (Å²) in [7, 11) is 3.56. The largest absolute Gasteiger partial charge is 0.507 e. The quantitative estimate of drug-likeness (QED) is 0.140. The molecule has 3 aromatic heterocycles. The predicted octanol–water partition coefficient (Wildman–Crippen LogP) is 5.79. The van der Waals surface area contributed by atoms with Crippen LogP contribution in [0.25, 0.3) is 38.2 Å². The number of carbonyl (C=O) groups is 4. The number of hydrogen-bond acceptors (Lipinski definition) is 9. The van der Waals surface area contributed by atoms with Gasteiger partial charge in [-0.25, -0.2) is 0 Å². The Hall–Kier alpha value is -7.34. The predicted molar refractivity (Wildman–Crippen MR) is 208 cm³/mol. The van der Waals surface area contributed by atoms with E-state index in [9.17, 15) is 39.0 Å². The summed E-state index contributed by atoms with van der Waals surface area (Å²) in [5.74, 6) is -5.00. The Bertz CT molecular complexity index is 3360. The second kappa shape index (κ2) is 10.2. The van der Waals surface area contributed by atoms with Gasteiger partial charge in [0.1, 0.15) is 17.2 Å². The van der Waals surface area contributed by atoms with Crippen LogP contribution in [0.2, 0.25) is 0 Å². The van der Waals surface area contributed by atoms with Gasteiger partial charge in [0, 0.05) is 87.0 Å². The van der Waals surface area contributed by atoms with Crippen molar-refractivity contribution in [2.75, 3.05) is 11.9 Å². The van der Waals surface area contributed by atoms with Gasteiger partial charge in [-0.1, -0.05) is 36.4 Å². The first-order chi connectivity index (χ1) is 26.8. The summed E-state index contributed by atoms with van der Waals surface area (Å²) in [6.45, 7) is 3.15. The number of fused-ring (bicyclic) bond motifs is 17. The van der Waals surface area contributed by atoms with Crippen LogP contribution >= 0.6 is 0 Å². The molecule has 2 atom stereocenters. The van der Waals surface area contributed by atoms with Crippen molar-refractivity contribution in [2.24, 2.45) is 7.05 Å². The Kier molecular flexibility index (Phi) is 5.87. The Labute approximate surface area is 314 Å². The number of rotatable bonds is 0. The van der Waals surface area contributed by atoms with Crippen LogP contribution in [0.4, 0.5) is 5.69 Å². The van der Waals surface area contributed by atoms with E-state index < -0.39 is 52.0 Å². The zero-order valence-electron chi connectivity index (χ0n) is 30.2. The lowest BCUT2D eigenvalue weighted by Gasteiger charge is -2.39. The van der Waals surface area contributed by atoms with Gasteiger partial charge < -0.3 is 29.6 Å². The third kappa shape index (κ3) is 3.50. The monoisotopic (exact) mass is 740 g/mol. The van der Waals surface area contributed by atoms with Gasteiger partial charge in [-0.2, -0.15) is 0 Å². The maximum Gasteiger partial charge on any atom is 0.248 e. The van der Waals surface area contributed by atoms with E-state index in [1.807, 2.05) is 47.4 Å². The van der Waals surface area contributed by atoms with Crippen molar-refractivity contribution in [2.45, 2.75) is 25.8 Å². The molecule has 0 saturated carbocycles. The molecule has 56 heavy (non-hydrogen) atoms. The molecule has 0 radical (unpaired) electrons. The van der Waals surface area contributed by atoms with Crippen molar-refractivity contribution in [1.29, 1.82) is 0 Å². The second-order valence-electron chi connectivity index (χ2n) is 15.1. The lowest BCUT2D eigenvalue weighted by molar-refractivity contribution is 0.0907. The Morgan fingerprint density at radius 2 is 1.23 bits per heavy atom. The molecule has 4 N–H and O–H groups in total. The van der Waals surface area contributed by atoms with Crippen molar-refractivity contribution >= 4 is 67.0 Å². The molecule has 0 bridgehead atoms. The van der Waals surface area contributed by atoms with Gasteiger partial charge in [0.05, 0.1) is 39.7 Å². The number of allylic oxidation sites excluding steroid dienone is 1. The topological polar surface area (TPSA) is 183 Å².